The van der Waals surface area contributed by atoms with E-state index >= 15 is 0 Å². The third-order valence-electron chi connectivity index (χ3n) is 2.87. The lowest BCUT2D eigenvalue weighted by Gasteiger charge is -2.12. The lowest BCUT2D eigenvalue weighted by Crippen LogP contribution is -2.17. The Morgan fingerprint density at radius 1 is 1.33 bits per heavy atom. The molecule has 3 nitrogen and oxygen atoms in total. The molecule has 0 aliphatic heterocycles. The highest BCUT2D eigenvalue weighted by Crippen LogP contribution is 2.16. The topological polar surface area (TPSA) is 34.4 Å². The average molecular weight is 245 g/mol. The van der Waals surface area contributed by atoms with Gasteiger partial charge >= 0.3 is 0 Å². The van der Waals surface area contributed by atoms with E-state index in [2.05, 4.69) is 24.4 Å². The molecule has 0 spiro atoms. The predicted octanol–water partition coefficient (Wildman–Crippen LogP) is 3.53. The first-order chi connectivity index (χ1) is 8.79. The second kappa shape index (κ2) is 6.26. The highest BCUT2D eigenvalue weighted by atomic mass is 16.5. The fraction of sp³-hybridized carbons (Fsp3) is 0.333. The molecule has 1 unspecified atom stereocenters. The van der Waals surface area contributed by atoms with E-state index in [4.69, 9.17) is 9.15 Å². The van der Waals surface area contributed by atoms with Gasteiger partial charge in [-0.15, -0.1) is 0 Å². The van der Waals surface area contributed by atoms with Crippen LogP contribution in [0.4, 0.5) is 0 Å². The van der Waals surface area contributed by atoms with Gasteiger partial charge < -0.3 is 14.5 Å². The summed E-state index contributed by atoms with van der Waals surface area (Å²) in [4.78, 5) is 0. The molecular weight excluding hydrogens is 226 g/mol. The van der Waals surface area contributed by atoms with Crippen LogP contribution in [-0.4, -0.2) is 6.61 Å². The Morgan fingerprint density at radius 2 is 2.22 bits per heavy atom. The highest BCUT2D eigenvalue weighted by Gasteiger charge is 2.06. The summed E-state index contributed by atoms with van der Waals surface area (Å²) in [6.45, 7) is 5.62. The molecule has 1 N–H and O–H groups in total. The third-order valence-corrected chi connectivity index (χ3v) is 2.87. The normalized spacial score (nSPS) is 12.3. The van der Waals surface area contributed by atoms with Gasteiger partial charge in [0.2, 0.25) is 0 Å². The van der Waals surface area contributed by atoms with Gasteiger partial charge in [-0.3, -0.25) is 0 Å². The summed E-state index contributed by atoms with van der Waals surface area (Å²) < 4.78 is 10.6. The molecule has 96 valence electrons. The highest BCUT2D eigenvalue weighted by molar-refractivity contribution is 5.28. The fourth-order valence-electron chi connectivity index (χ4n) is 1.82. The SMILES string of the molecule is CCOc1cccc(CNC(C)c2ccoc2)c1. The molecule has 0 radical (unpaired) electrons. The lowest BCUT2D eigenvalue weighted by atomic mass is 10.1. The Bertz CT molecular complexity index is 465. The minimum absolute atomic E-state index is 0.277. The average Bonchev–Trinajstić information content (AvgIpc) is 2.91. The van der Waals surface area contributed by atoms with Crippen LogP contribution >= 0.6 is 0 Å². The fourth-order valence-corrected chi connectivity index (χ4v) is 1.82. The molecule has 0 amide bonds. The number of nitrogens with one attached hydrogen (secondary N) is 1. The maximum Gasteiger partial charge on any atom is 0.119 e. The van der Waals surface area contributed by atoms with E-state index in [1.54, 1.807) is 12.5 Å². The molecule has 0 saturated carbocycles. The zero-order valence-corrected chi connectivity index (χ0v) is 10.8. The summed E-state index contributed by atoms with van der Waals surface area (Å²) in [5, 5.41) is 3.46. The molecular formula is C15H19NO2. The lowest BCUT2D eigenvalue weighted by molar-refractivity contribution is 0.339. The van der Waals surface area contributed by atoms with E-state index in [0.717, 1.165) is 17.9 Å². The van der Waals surface area contributed by atoms with E-state index in [0.29, 0.717) is 6.61 Å². The van der Waals surface area contributed by atoms with Crippen LogP contribution in [0.5, 0.6) is 5.75 Å². The van der Waals surface area contributed by atoms with Gasteiger partial charge in [0.25, 0.3) is 0 Å². The van der Waals surface area contributed by atoms with Gasteiger partial charge in [-0.05, 0) is 37.6 Å². The summed E-state index contributed by atoms with van der Waals surface area (Å²) >= 11 is 0. The maximum atomic E-state index is 5.48. The number of hydrogen-bond acceptors (Lipinski definition) is 3. The van der Waals surface area contributed by atoms with Crippen molar-refractivity contribution in [2.75, 3.05) is 6.61 Å². The summed E-state index contributed by atoms with van der Waals surface area (Å²) in [5.41, 5.74) is 2.38. The zero-order valence-electron chi connectivity index (χ0n) is 10.8. The van der Waals surface area contributed by atoms with Crippen molar-refractivity contribution in [1.29, 1.82) is 0 Å². The van der Waals surface area contributed by atoms with E-state index in [-0.39, 0.29) is 6.04 Å². The number of ether oxygens (including phenoxy) is 1. The summed E-state index contributed by atoms with van der Waals surface area (Å²) in [5.74, 6) is 0.924. The van der Waals surface area contributed by atoms with Gasteiger partial charge in [0.15, 0.2) is 0 Å². The van der Waals surface area contributed by atoms with E-state index < -0.39 is 0 Å². The second-order valence-electron chi connectivity index (χ2n) is 4.24. The summed E-state index contributed by atoms with van der Waals surface area (Å²) in [6, 6.07) is 10.4. The summed E-state index contributed by atoms with van der Waals surface area (Å²) in [6.07, 6.45) is 3.47. The number of hydrogen-bond donors (Lipinski definition) is 1. The summed E-state index contributed by atoms with van der Waals surface area (Å²) in [7, 11) is 0. The standard InChI is InChI=1S/C15H19NO2/c1-3-18-15-6-4-5-13(9-15)10-16-12(2)14-7-8-17-11-14/h4-9,11-12,16H,3,10H2,1-2H3. The molecule has 2 rings (SSSR count). The van der Waals surface area contributed by atoms with Crippen LogP contribution in [0.15, 0.2) is 47.3 Å². The molecule has 0 aliphatic rings. The van der Waals surface area contributed by atoms with Crippen molar-refractivity contribution in [1.82, 2.24) is 5.32 Å². The van der Waals surface area contributed by atoms with Gasteiger partial charge in [-0.1, -0.05) is 12.1 Å². The Labute approximate surface area is 108 Å². The van der Waals surface area contributed by atoms with Crippen molar-refractivity contribution in [3.8, 4) is 5.75 Å². The van der Waals surface area contributed by atoms with Gasteiger partial charge in [-0.25, -0.2) is 0 Å². The first-order valence-corrected chi connectivity index (χ1v) is 6.27. The second-order valence-corrected chi connectivity index (χ2v) is 4.24. The molecule has 1 aromatic heterocycles. The van der Waals surface area contributed by atoms with Crippen LogP contribution in [0.1, 0.15) is 31.0 Å². The van der Waals surface area contributed by atoms with Gasteiger partial charge in [0, 0.05) is 18.2 Å². The molecule has 0 aliphatic carbocycles. The molecule has 18 heavy (non-hydrogen) atoms. The van der Waals surface area contributed by atoms with Crippen LogP contribution < -0.4 is 10.1 Å². The van der Waals surface area contributed by atoms with E-state index in [9.17, 15) is 0 Å². The van der Waals surface area contributed by atoms with Crippen molar-refractivity contribution in [2.45, 2.75) is 26.4 Å². The number of rotatable bonds is 6. The number of benzene rings is 1. The smallest absolute Gasteiger partial charge is 0.119 e. The zero-order chi connectivity index (χ0) is 12.8. The molecule has 0 bridgehead atoms. The largest absolute Gasteiger partial charge is 0.494 e. The van der Waals surface area contributed by atoms with Gasteiger partial charge in [-0.2, -0.15) is 0 Å². The molecule has 0 saturated heterocycles. The third kappa shape index (κ3) is 3.37. The molecule has 0 fully saturated rings. The van der Waals surface area contributed by atoms with Crippen LogP contribution in [0.3, 0.4) is 0 Å². The Morgan fingerprint density at radius 3 is 2.94 bits per heavy atom. The Kier molecular flexibility index (Phi) is 4.42. The quantitative estimate of drug-likeness (QED) is 0.845. The Hall–Kier alpha value is -1.74. The number of furan rings is 1. The maximum absolute atomic E-state index is 5.48. The minimum Gasteiger partial charge on any atom is -0.494 e. The van der Waals surface area contributed by atoms with Crippen LogP contribution in [-0.2, 0) is 6.54 Å². The monoisotopic (exact) mass is 245 g/mol. The van der Waals surface area contributed by atoms with Crippen LogP contribution in [0.25, 0.3) is 0 Å². The van der Waals surface area contributed by atoms with Crippen molar-refractivity contribution in [3.05, 3.63) is 54.0 Å². The molecule has 3 heteroatoms. The molecule has 1 atom stereocenters. The van der Waals surface area contributed by atoms with Crippen molar-refractivity contribution in [3.63, 3.8) is 0 Å². The van der Waals surface area contributed by atoms with Gasteiger partial charge in [0.05, 0.1) is 19.1 Å². The van der Waals surface area contributed by atoms with E-state index in [1.165, 1.54) is 5.56 Å². The van der Waals surface area contributed by atoms with Crippen LogP contribution in [0.2, 0.25) is 0 Å². The van der Waals surface area contributed by atoms with Crippen molar-refractivity contribution < 1.29 is 9.15 Å². The predicted molar refractivity (Wildman–Crippen MR) is 71.6 cm³/mol. The van der Waals surface area contributed by atoms with Crippen molar-refractivity contribution >= 4 is 0 Å². The first-order valence-electron chi connectivity index (χ1n) is 6.27. The van der Waals surface area contributed by atoms with Crippen molar-refractivity contribution in [2.24, 2.45) is 0 Å². The molecule has 2 aromatic rings. The molecule has 1 heterocycles. The Balaban J connectivity index is 1.91. The van der Waals surface area contributed by atoms with Gasteiger partial charge in [0.1, 0.15) is 5.75 Å². The van der Waals surface area contributed by atoms with Crippen LogP contribution in [0, 0.1) is 0 Å². The molecule has 1 aromatic carbocycles. The first kappa shape index (κ1) is 12.7. The minimum atomic E-state index is 0.277. The van der Waals surface area contributed by atoms with E-state index in [1.807, 2.05) is 25.1 Å².